The summed E-state index contributed by atoms with van der Waals surface area (Å²) < 4.78 is 0. The standard InChI is InChI=1S/C74H44N6/c1-77-53-33-41-57(42-34-53)79(55-37-29-49(47-75)30-38-55)69-45-67-71(61-23-11-9-21-59(61)69)63-25-13-15-27-65(63)73(67,51-17-5-3-6-18-51)74(52-19-7-4-8-20-52)66-28-16-14-26-64(66)72-62-24-12-10-22-60(62)70(46-68(72)74)80(56-39-31-50(48-76)32-40-56)58-43-35-54(78-2)36-44-58/h3-46H. The zero-order chi connectivity index (χ0) is 54.0. The van der Waals surface area contributed by atoms with E-state index in [1.165, 1.54) is 0 Å². The van der Waals surface area contributed by atoms with Crippen LogP contribution < -0.4 is 9.80 Å². The molecule has 0 saturated carbocycles. The molecule has 0 saturated heterocycles. The van der Waals surface area contributed by atoms with Crippen LogP contribution in [0, 0.1) is 35.8 Å². The zero-order valence-corrected chi connectivity index (χ0v) is 43.1. The average Bonchev–Trinajstić information content (AvgIpc) is 4.21. The lowest BCUT2D eigenvalue weighted by Crippen LogP contribution is -2.50. The molecule has 0 radical (unpaired) electrons. The molecule has 6 nitrogen and oxygen atoms in total. The van der Waals surface area contributed by atoms with Gasteiger partial charge in [0.05, 0.1) is 58.6 Å². The quantitative estimate of drug-likeness (QED) is 0.135. The molecular formula is C74H44N6. The number of fused-ring (bicyclic) bond motifs is 10. The predicted octanol–water partition coefficient (Wildman–Crippen LogP) is 19.1. The highest BCUT2D eigenvalue weighted by molar-refractivity contribution is 6.14. The molecule has 0 aliphatic heterocycles. The minimum Gasteiger partial charge on any atom is -0.310 e. The van der Waals surface area contributed by atoms with E-state index in [2.05, 4.69) is 201 Å². The fourth-order valence-corrected chi connectivity index (χ4v) is 13.4. The molecule has 2 aliphatic rings. The fraction of sp³-hybridized carbons (Fsp3) is 0.0270. The molecule has 0 aromatic heterocycles. The van der Waals surface area contributed by atoms with Crippen molar-refractivity contribution in [3.8, 4) is 34.4 Å². The van der Waals surface area contributed by atoms with Gasteiger partial charge in [-0.25, -0.2) is 9.69 Å². The molecule has 80 heavy (non-hydrogen) atoms. The van der Waals surface area contributed by atoms with Gasteiger partial charge in [-0.05, 0) is 151 Å². The van der Waals surface area contributed by atoms with E-state index in [9.17, 15) is 10.5 Å². The molecule has 2 unspecified atom stereocenters. The maximum atomic E-state index is 10.1. The largest absolute Gasteiger partial charge is 0.310 e. The second-order valence-electron chi connectivity index (χ2n) is 20.3. The van der Waals surface area contributed by atoms with Crippen LogP contribution in [0.1, 0.15) is 44.5 Å². The molecule has 12 aromatic carbocycles. The highest BCUT2D eigenvalue weighted by Gasteiger charge is 2.65. The van der Waals surface area contributed by atoms with Gasteiger partial charge in [0, 0.05) is 33.5 Å². The topological polar surface area (TPSA) is 62.8 Å². The van der Waals surface area contributed by atoms with Crippen LogP contribution >= 0.6 is 0 Å². The van der Waals surface area contributed by atoms with Crippen LogP contribution in [0.25, 0.3) is 53.5 Å². The molecule has 6 heteroatoms. The number of hydrogen-bond acceptors (Lipinski definition) is 4. The fourth-order valence-electron chi connectivity index (χ4n) is 13.4. The van der Waals surface area contributed by atoms with Crippen LogP contribution in [0.5, 0.6) is 0 Å². The molecule has 0 heterocycles. The van der Waals surface area contributed by atoms with Crippen molar-refractivity contribution < 1.29 is 0 Å². The van der Waals surface area contributed by atoms with Crippen molar-refractivity contribution in [1.82, 2.24) is 0 Å². The normalized spacial score (nSPS) is 15.3. The Kier molecular flexibility index (Phi) is 11.1. The SMILES string of the molecule is [C-]#[N+]c1ccc(N(c2ccc(C#N)cc2)c2cc3c(c4ccccc24)-c2ccccc2C3(c2ccccc2)C2(c3ccccc3)c3ccccc3-c3c2cc(N(c2ccc(C#N)cc2)c2ccc([N+]#[C-])cc2)c2ccccc32)cc1. The van der Waals surface area contributed by atoms with E-state index < -0.39 is 10.8 Å². The van der Waals surface area contributed by atoms with Crippen molar-refractivity contribution in [3.05, 3.63) is 334 Å². The number of anilines is 6. The number of benzene rings is 12. The van der Waals surface area contributed by atoms with E-state index in [0.717, 1.165) is 111 Å². The molecule has 0 N–H and O–H groups in total. The first-order valence-corrected chi connectivity index (χ1v) is 26.5. The Labute approximate surface area is 464 Å². The number of nitrogens with zero attached hydrogens (tertiary/aromatic N) is 6. The van der Waals surface area contributed by atoms with E-state index in [4.69, 9.17) is 13.1 Å². The van der Waals surface area contributed by atoms with Gasteiger partial charge in [0.1, 0.15) is 0 Å². The second-order valence-corrected chi connectivity index (χ2v) is 20.3. The monoisotopic (exact) mass is 1020 g/mol. The lowest BCUT2D eigenvalue weighted by atomic mass is 9.49. The van der Waals surface area contributed by atoms with E-state index >= 15 is 0 Å². The van der Waals surface area contributed by atoms with E-state index in [-0.39, 0.29) is 0 Å². The smallest absolute Gasteiger partial charge is 0.187 e. The molecule has 0 bridgehead atoms. The van der Waals surface area contributed by atoms with Gasteiger partial charge in [-0.3, -0.25) is 0 Å². The molecule has 2 atom stereocenters. The van der Waals surface area contributed by atoms with Gasteiger partial charge in [0.15, 0.2) is 11.4 Å². The van der Waals surface area contributed by atoms with Crippen molar-refractivity contribution in [2.24, 2.45) is 0 Å². The number of hydrogen-bond donors (Lipinski definition) is 0. The van der Waals surface area contributed by atoms with Crippen molar-refractivity contribution >= 4 is 67.0 Å². The van der Waals surface area contributed by atoms with Gasteiger partial charge < -0.3 is 9.80 Å². The van der Waals surface area contributed by atoms with Gasteiger partial charge >= 0.3 is 0 Å². The summed E-state index contributed by atoms with van der Waals surface area (Å²) in [7, 11) is 0. The maximum absolute atomic E-state index is 10.1. The molecule has 0 amide bonds. The summed E-state index contributed by atoms with van der Waals surface area (Å²) in [4.78, 5) is 12.1. The first-order valence-electron chi connectivity index (χ1n) is 26.5. The van der Waals surface area contributed by atoms with Gasteiger partial charge in [-0.15, -0.1) is 0 Å². The third kappa shape index (κ3) is 6.81. The lowest BCUT2D eigenvalue weighted by Gasteiger charge is -2.51. The molecule has 12 aromatic rings. The van der Waals surface area contributed by atoms with Crippen molar-refractivity contribution in [1.29, 1.82) is 10.5 Å². The van der Waals surface area contributed by atoms with E-state index in [1.807, 2.05) is 97.1 Å². The van der Waals surface area contributed by atoms with Gasteiger partial charge in [-0.2, -0.15) is 10.5 Å². The van der Waals surface area contributed by atoms with Crippen molar-refractivity contribution in [2.75, 3.05) is 9.80 Å². The third-order valence-corrected chi connectivity index (χ3v) is 16.5. The maximum Gasteiger partial charge on any atom is 0.187 e. The Morgan fingerprint density at radius 3 is 0.988 bits per heavy atom. The van der Waals surface area contributed by atoms with Crippen LogP contribution in [0.2, 0.25) is 0 Å². The van der Waals surface area contributed by atoms with E-state index in [0.29, 0.717) is 22.5 Å². The van der Waals surface area contributed by atoms with E-state index in [1.54, 1.807) is 0 Å². The number of rotatable bonds is 9. The summed E-state index contributed by atoms with van der Waals surface area (Å²) in [5, 5.41) is 24.4. The van der Waals surface area contributed by atoms with Gasteiger partial charge in [0.2, 0.25) is 0 Å². The van der Waals surface area contributed by atoms with Gasteiger partial charge in [-0.1, -0.05) is 182 Å². The highest BCUT2D eigenvalue weighted by atomic mass is 15.2. The van der Waals surface area contributed by atoms with Crippen molar-refractivity contribution in [3.63, 3.8) is 0 Å². The summed E-state index contributed by atoms with van der Waals surface area (Å²) in [5.74, 6) is 0. The minimum absolute atomic E-state index is 0.541. The van der Waals surface area contributed by atoms with Gasteiger partial charge in [0.25, 0.3) is 0 Å². The summed E-state index contributed by atoms with van der Waals surface area (Å²) in [6.07, 6.45) is 0. The van der Waals surface area contributed by atoms with Crippen LogP contribution in [0.15, 0.2) is 267 Å². The molecule has 0 spiro atoms. The first kappa shape index (κ1) is 47.2. The van der Waals surface area contributed by atoms with Crippen molar-refractivity contribution in [2.45, 2.75) is 10.8 Å². The zero-order valence-electron chi connectivity index (χ0n) is 43.1. The summed E-state index contributed by atoms with van der Waals surface area (Å²) >= 11 is 0. The Morgan fingerprint density at radius 1 is 0.325 bits per heavy atom. The Balaban J connectivity index is 1.19. The van der Waals surface area contributed by atoms with Crippen LogP contribution in [-0.2, 0) is 10.8 Å². The lowest BCUT2D eigenvalue weighted by molar-refractivity contribution is 0.438. The Bertz CT molecular complexity index is 4210. The summed E-state index contributed by atoms with van der Waals surface area (Å²) in [5.41, 5.74) is 16.8. The Morgan fingerprint density at radius 2 is 0.637 bits per heavy atom. The summed E-state index contributed by atoms with van der Waals surface area (Å²) in [6, 6.07) is 98.3. The minimum atomic E-state index is -1.03. The number of nitriles is 2. The first-order chi connectivity index (χ1) is 39.5. The molecular weight excluding hydrogens is 973 g/mol. The van der Waals surface area contributed by atoms with Crippen LogP contribution in [0.4, 0.5) is 45.5 Å². The second kappa shape index (κ2) is 18.8. The third-order valence-electron chi connectivity index (χ3n) is 16.5. The molecule has 14 rings (SSSR count). The van der Waals surface area contributed by atoms with Crippen LogP contribution in [0.3, 0.4) is 0 Å². The Hall–Kier alpha value is -11.3. The molecule has 0 fully saturated rings. The molecule has 370 valence electrons. The predicted molar refractivity (Wildman–Crippen MR) is 323 cm³/mol. The molecule has 2 aliphatic carbocycles. The summed E-state index contributed by atoms with van der Waals surface area (Å²) in [6.45, 7) is 15.8. The van der Waals surface area contributed by atoms with Crippen LogP contribution in [-0.4, -0.2) is 0 Å². The highest BCUT2D eigenvalue weighted by Crippen LogP contribution is 2.72. The average molecular weight is 1020 g/mol.